The number of carbonyl (C=O) groups excluding carboxylic acids is 1. The Morgan fingerprint density at radius 3 is 2.53 bits per heavy atom. The molecule has 0 aliphatic rings. The third-order valence-corrected chi connectivity index (χ3v) is 2.41. The Kier molecular flexibility index (Phi) is 3.72. The van der Waals surface area contributed by atoms with E-state index in [1.807, 2.05) is 19.9 Å². The molecule has 1 rings (SSSR count). The van der Waals surface area contributed by atoms with Crippen LogP contribution in [0.3, 0.4) is 0 Å². The highest BCUT2D eigenvalue weighted by molar-refractivity contribution is 6.00. The minimum absolute atomic E-state index is 0.0418. The number of hydrogen-bond acceptors (Lipinski definition) is 3. The standard InChI is InChI=1S/C12H15NO2/c1-4-12(14)10-6-5-9(8(2)3)7-11(10)13-15/h5-8H,4H2,1-3H3. The predicted molar refractivity (Wildman–Crippen MR) is 60.6 cm³/mol. The van der Waals surface area contributed by atoms with Crippen LogP contribution in [0, 0.1) is 4.91 Å². The molecule has 0 bridgehead atoms. The summed E-state index contributed by atoms with van der Waals surface area (Å²) in [5.41, 5.74) is 1.71. The average molecular weight is 205 g/mol. The Labute approximate surface area is 89.5 Å². The predicted octanol–water partition coefficient (Wildman–Crippen LogP) is 3.80. The van der Waals surface area contributed by atoms with E-state index in [2.05, 4.69) is 5.18 Å². The number of carbonyl (C=O) groups is 1. The lowest BCUT2D eigenvalue weighted by Crippen LogP contribution is -1.98. The lowest BCUT2D eigenvalue weighted by molar-refractivity contribution is 0.0989. The van der Waals surface area contributed by atoms with Crippen molar-refractivity contribution >= 4 is 11.5 Å². The molecule has 0 atom stereocenters. The van der Waals surface area contributed by atoms with E-state index < -0.39 is 0 Å². The van der Waals surface area contributed by atoms with Gasteiger partial charge in [-0.2, -0.15) is 0 Å². The van der Waals surface area contributed by atoms with E-state index in [1.165, 1.54) is 0 Å². The van der Waals surface area contributed by atoms with Crippen LogP contribution < -0.4 is 0 Å². The average Bonchev–Trinajstić information content (AvgIpc) is 2.27. The Morgan fingerprint density at radius 1 is 1.40 bits per heavy atom. The van der Waals surface area contributed by atoms with Gasteiger partial charge < -0.3 is 0 Å². The molecule has 3 heteroatoms. The zero-order valence-corrected chi connectivity index (χ0v) is 9.28. The summed E-state index contributed by atoms with van der Waals surface area (Å²) in [4.78, 5) is 22.1. The van der Waals surface area contributed by atoms with Gasteiger partial charge in [-0.3, -0.25) is 4.79 Å². The minimum atomic E-state index is -0.0418. The molecule has 3 nitrogen and oxygen atoms in total. The molecular weight excluding hydrogens is 190 g/mol. The van der Waals surface area contributed by atoms with Crippen molar-refractivity contribution < 1.29 is 4.79 Å². The first-order chi connectivity index (χ1) is 7.10. The van der Waals surface area contributed by atoms with Crippen molar-refractivity contribution in [2.75, 3.05) is 0 Å². The highest BCUT2D eigenvalue weighted by Crippen LogP contribution is 2.25. The van der Waals surface area contributed by atoms with Crippen LogP contribution in [0.25, 0.3) is 0 Å². The largest absolute Gasteiger partial charge is 0.294 e. The van der Waals surface area contributed by atoms with Crippen molar-refractivity contribution in [2.24, 2.45) is 5.18 Å². The minimum Gasteiger partial charge on any atom is -0.294 e. The summed E-state index contributed by atoms with van der Waals surface area (Å²) in [5.74, 6) is 0.288. The molecule has 0 aromatic heterocycles. The van der Waals surface area contributed by atoms with E-state index in [9.17, 15) is 9.70 Å². The molecule has 0 saturated heterocycles. The molecule has 1 aromatic rings. The zero-order chi connectivity index (χ0) is 11.4. The summed E-state index contributed by atoms with van der Waals surface area (Å²) in [6.45, 7) is 5.84. The number of benzene rings is 1. The van der Waals surface area contributed by atoms with Gasteiger partial charge in [0.25, 0.3) is 0 Å². The normalized spacial score (nSPS) is 10.4. The second kappa shape index (κ2) is 4.82. The molecule has 0 radical (unpaired) electrons. The fourth-order valence-electron chi connectivity index (χ4n) is 1.41. The van der Waals surface area contributed by atoms with Crippen molar-refractivity contribution in [3.8, 4) is 0 Å². The number of Topliss-reactive ketones (excluding diaryl/α,β-unsaturated/α-hetero) is 1. The van der Waals surface area contributed by atoms with E-state index in [1.54, 1.807) is 19.1 Å². The molecule has 0 saturated carbocycles. The maximum Gasteiger partial charge on any atom is 0.164 e. The third-order valence-electron chi connectivity index (χ3n) is 2.41. The summed E-state index contributed by atoms with van der Waals surface area (Å²) in [5, 5.41) is 2.91. The Balaban J connectivity index is 3.20. The van der Waals surface area contributed by atoms with Crippen LogP contribution in [0.2, 0.25) is 0 Å². The Hall–Kier alpha value is -1.51. The quantitative estimate of drug-likeness (QED) is 0.554. The van der Waals surface area contributed by atoms with E-state index in [0.717, 1.165) is 5.56 Å². The maximum atomic E-state index is 11.5. The lowest BCUT2D eigenvalue weighted by atomic mass is 9.98. The van der Waals surface area contributed by atoms with Crippen molar-refractivity contribution in [1.29, 1.82) is 0 Å². The highest BCUT2D eigenvalue weighted by atomic mass is 16.3. The fraction of sp³-hybridized carbons (Fsp3) is 0.417. The van der Waals surface area contributed by atoms with E-state index >= 15 is 0 Å². The first-order valence-electron chi connectivity index (χ1n) is 5.10. The van der Waals surface area contributed by atoms with Crippen LogP contribution in [-0.4, -0.2) is 5.78 Å². The van der Waals surface area contributed by atoms with Crippen molar-refractivity contribution in [1.82, 2.24) is 0 Å². The molecule has 0 aliphatic carbocycles. The summed E-state index contributed by atoms with van der Waals surface area (Å²) >= 11 is 0. The summed E-state index contributed by atoms with van der Waals surface area (Å²) in [6.07, 6.45) is 0.392. The fourth-order valence-corrected chi connectivity index (χ4v) is 1.41. The van der Waals surface area contributed by atoms with Crippen molar-refractivity contribution in [3.05, 3.63) is 34.2 Å². The van der Waals surface area contributed by atoms with Crippen LogP contribution in [0.5, 0.6) is 0 Å². The van der Waals surface area contributed by atoms with Gasteiger partial charge in [-0.05, 0) is 28.8 Å². The molecule has 1 aromatic carbocycles. The monoisotopic (exact) mass is 205 g/mol. The molecule has 0 amide bonds. The SMILES string of the molecule is CCC(=O)c1ccc(C(C)C)cc1N=O. The third kappa shape index (κ3) is 2.49. The number of ketones is 1. The van der Waals surface area contributed by atoms with E-state index in [-0.39, 0.29) is 11.5 Å². The molecular formula is C12H15NO2. The number of hydrogen-bond donors (Lipinski definition) is 0. The second-order valence-electron chi connectivity index (χ2n) is 3.80. The zero-order valence-electron chi connectivity index (χ0n) is 9.28. The van der Waals surface area contributed by atoms with Gasteiger partial charge in [0, 0.05) is 12.0 Å². The Bertz CT molecular complexity index is 383. The highest BCUT2D eigenvalue weighted by Gasteiger charge is 2.11. The van der Waals surface area contributed by atoms with Gasteiger partial charge in [0.2, 0.25) is 0 Å². The van der Waals surface area contributed by atoms with Gasteiger partial charge >= 0.3 is 0 Å². The van der Waals surface area contributed by atoms with Crippen LogP contribution >= 0.6 is 0 Å². The van der Waals surface area contributed by atoms with Gasteiger partial charge in [0.05, 0.1) is 0 Å². The lowest BCUT2D eigenvalue weighted by Gasteiger charge is -2.07. The number of nitrogens with zero attached hydrogens (tertiary/aromatic N) is 1. The van der Waals surface area contributed by atoms with E-state index in [0.29, 0.717) is 17.9 Å². The van der Waals surface area contributed by atoms with Crippen LogP contribution in [0.15, 0.2) is 23.4 Å². The first kappa shape index (κ1) is 11.6. The van der Waals surface area contributed by atoms with Crippen molar-refractivity contribution in [3.63, 3.8) is 0 Å². The molecule has 0 N–H and O–H groups in total. The molecule has 80 valence electrons. The summed E-state index contributed by atoms with van der Waals surface area (Å²) < 4.78 is 0. The second-order valence-corrected chi connectivity index (χ2v) is 3.80. The number of rotatable bonds is 4. The van der Waals surface area contributed by atoms with Crippen LogP contribution in [-0.2, 0) is 0 Å². The van der Waals surface area contributed by atoms with E-state index in [4.69, 9.17) is 0 Å². The van der Waals surface area contributed by atoms with Crippen LogP contribution in [0.4, 0.5) is 5.69 Å². The number of nitroso groups, excluding NO2 is 1. The maximum absolute atomic E-state index is 11.5. The molecule has 0 unspecified atom stereocenters. The van der Waals surface area contributed by atoms with Gasteiger partial charge in [-0.1, -0.05) is 26.8 Å². The molecule has 0 heterocycles. The topological polar surface area (TPSA) is 46.5 Å². The first-order valence-corrected chi connectivity index (χ1v) is 5.10. The van der Waals surface area contributed by atoms with Gasteiger partial charge in [-0.15, -0.1) is 4.91 Å². The van der Waals surface area contributed by atoms with Crippen molar-refractivity contribution in [2.45, 2.75) is 33.1 Å². The summed E-state index contributed by atoms with van der Waals surface area (Å²) in [7, 11) is 0. The molecule has 0 fully saturated rings. The Morgan fingerprint density at radius 2 is 2.07 bits per heavy atom. The smallest absolute Gasteiger partial charge is 0.164 e. The molecule has 0 spiro atoms. The van der Waals surface area contributed by atoms with Gasteiger partial charge in [0.1, 0.15) is 5.69 Å². The molecule has 0 aliphatic heterocycles. The van der Waals surface area contributed by atoms with Crippen LogP contribution in [0.1, 0.15) is 49.0 Å². The van der Waals surface area contributed by atoms with Gasteiger partial charge in [0.15, 0.2) is 5.78 Å². The van der Waals surface area contributed by atoms with Gasteiger partial charge in [-0.25, -0.2) is 0 Å². The summed E-state index contributed by atoms with van der Waals surface area (Å²) in [6, 6.07) is 5.26. The molecule has 15 heavy (non-hydrogen) atoms.